The van der Waals surface area contributed by atoms with Gasteiger partial charge in [-0.05, 0) is 20.8 Å². The van der Waals surface area contributed by atoms with Gasteiger partial charge in [0.15, 0.2) is 0 Å². The SMILES string of the molecule is CC(C)(C)NC[C@H](O)COc1nsnc1N1CCOC(CO)C1. The Kier molecular flexibility index (Phi) is 6.54. The zero-order valence-corrected chi connectivity index (χ0v) is 14.7. The highest BCUT2D eigenvalue weighted by molar-refractivity contribution is 6.99. The van der Waals surface area contributed by atoms with E-state index in [1.54, 1.807) is 0 Å². The van der Waals surface area contributed by atoms with E-state index in [1.807, 2.05) is 25.7 Å². The summed E-state index contributed by atoms with van der Waals surface area (Å²) in [4.78, 5) is 1.99. The Hall–Kier alpha value is -1.00. The molecule has 2 rings (SSSR count). The molecule has 0 aromatic carbocycles. The van der Waals surface area contributed by atoms with E-state index in [4.69, 9.17) is 9.47 Å². The fourth-order valence-corrected chi connectivity index (χ4v) is 2.66. The van der Waals surface area contributed by atoms with Gasteiger partial charge in [0.2, 0.25) is 5.82 Å². The number of hydrogen-bond donors (Lipinski definition) is 3. The van der Waals surface area contributed by atoms with Crippen LogP contribution in [0.15, 0.2) is 0 Å². The lowest BCUT2D eigenvalue weighted by Crippen LogP contribution is -2.44. The smallest absolute Gasteiger partial charge is 0.270 e. The van der Waals surface area contributed by atoms with Crippen LogP contribution in [0, 0.1) is 0 Å². The molecule has 2 atom stereocenters. The molecule has 23 heavy (non-hydrogen) atoms. The summed E-state index contributed by atoms with van der Waals surface area (Å²) in [5, 5.41) is 22.4. The predicted molar refractivity (Wildman–Crippen MR) is 88.2 cm³/mol. The van der Waals surface area contributed by atoms with Gasteiger partial charge in [-0.3, -0.25) is 0 Å². The molecule has 0 radical (unpaired) electrons. The highest BCUT2D eigenvalue weighted by Gasteiger charge is 2.25. The monoisotopic (exact) mass is 346 g/mol. The van der Waals surface area contributed by atoms with E-state index in [0.29, 0.717) is 37.9 Å². The molecule has 132 valence electrons. The van der Waals surface area contributed by atoms with Crippen LogP contribution in [0.1, 0.15) is 20.8 Å². The van der Waals surface area contributed by atoms with Crippen LogP contribution in [-0.4, -0.2) is 76.2 Å². The van der Waals surface area contributed by atoms with Crippen LogP contribution in [0.2, 0.25) is 0 Å². The van der Waals surface area contributed by atoms with Gasteiger partial charge in [0.05, 0.1) is 31.0 Å². The first kappa shape index (κ1) is 18.3. The summed E-state index contributed by atoms with van der Waals surface area (Å²) in [7, 11) is 0. The normalized spacial score (nSPS) is 20.6. The summed E-state index contributed by atoms with van der Waals surface area (Å²) < 4.78 is 19.5. The molecular weight excluding hydrogens is 320 g/mol. The average Bonchev–Trinajstić information content (AvgIpc) is 2.99. The number of nitrogens with zero attached hydrogens (tertiary/aromatic N) is 3. The molecule has 1 aliphatic heterocycles. The highest BCUT2D eigenvalue weighted by atomic mass is 32.1. The molecule has 0 saturated carbocycles. The van der Waals surface area contributed by atoms with Gasteiger partial charge in [-0.25, -0.2) is 0 Å². The second-order valence-electron chi connectivity index (χ2n) is 6.61. The van der Waals surface area contributed by atoms with Crippen LogP contribution in [0.3, 0.4) is 0 Å². The van der Waals surface area contributed by atoms with Crippen molar-refractivity contribution in [3.8, 4) is 5.88 Å². The first-order chi connectivity index (χ1) is 10.9. The fraction of sp³-hybridized carbons (Fsp3) is 0.857. The first-order valence-corrected chi connectivity index (χ1v) is 8.48. The lowest BCUT2D eigenvalue weighted by molar-refractivity contribution is 0.00318. The van der Waals surface area contributed by atoms with Crippen LogP contribution < -0.4 is 15.0 Å². The fourth-order valence-electron chi connectivity index (χ4n) is 2.14. The number of aliphatic hydroxyl groups excluding tert-OH is 2. The summed E-state index contributed by atoms with van der Waals surface area (Å²) in [6, 6.07) is 0. The quantitative estimate of drug-likeness (QED) is 0.627. The molecular formula is C14H26N4O4S. The van der Waals surface area contributed by atoms with E-state index < -0.39 is 6.10 Å². The molecule has 0 spiro atoms. The second kappa shape index (κ2) is 8.20. The Bertz CT molecular complexity index is 480. The van der Waals surface area contributed by atoms with Crippen molar-refractivity contribution in [2.75, 3.05) is 44.4 Å². The molecule has 0 aliphatic carbocycles. The Morgan fingerprint density at radius 1 is 1.48 bits per heavy atom. The summed E-state index contributed by atoms with van der Waals surface area (Å²) in [6.07, 6.45) is -0.849. The van der Waals surface area contributed by atoms with Crippen molar-refractivity contribution < 1.29 is 19.7 Å². The Balaban J connectivity index is 1.86. The third kappa shape index (κ3) is 5.85. The lowest BCUT2D eigenvalue weighted by Gasteiger charge is -2.32. The van der Waals surface area contributed by atoms with E-state index in [-0.39, 0.29) is 24.9 Å². The third-order valence-corrected chi connectivity index (χ3v) is 3.87. The Labute approximate surface area is 140 Å². The largest absolute Gasteiger partial charge is 0.472 e. The van der Waals surface area contributed by atoms with Crippen molar-refractivity contribution in [3.63, 3.8) is 0 Å². The van der Waals surface area contributed by atoms with E-state index in [0.717, 1.165) is 11.7 Å². The van der Waals surface area contributed by atoms with E-state index in [9.17, 15) is 10.2 Å². The van der Waals surface area contributed by atoms with E-state index in [1.165, 1.54) is 0 Å². The number of morpholine rings is 1. The number of rotatable bonds is 7. The first-order valence-electron chi connectivity index (χ1n) is 7.75. The molecule has 2 heterocycles. The van der Waals surface area contributed by atoms with Gasteiger partial charge in [0.1, 0.15) is 12.7 Å². The van der Waals surface area contributed by atoms with Gasteiger partial charge in [0, 0.05) is 25.2 Å². The summed E-state index contributed by atoms with van der Waals surface area (Å²) in [5.41, 5.74) is -0.0541. The van der Waals surface area contributed by atoms with Crippen LogP contribution >= 0.6 is 11.7 Å². The molecule has 3 N–H and O–H groups in total. The number of ether oxygens (including phenoxy) is 2. The molecule has 1 aliphatic rings. The summed E-state index contributed by atoms with van der Waals surface area (Å²) in [6.45, 7) is 8.44. The molecule has 1 unspecified atom stereocenters. The molecule has 1 aromatic heterocycles. The molecule has 9 heteroatoms. The molecule has 1 saturated heterocycles. The predicted octanol–water partition coefficient (Wildman–Crippen LogP) is -0.137. The van der Waals surface area contributed by atoms with E-state index >= 15 is 0 Å². The van der Waals surface area contributed by atoms with Crippen LogP contribution in [0.4, 0.5) is 5.82 Å². The lowest BCUT2D eigenvalue weighted by atomic mass is 10.1. The highest BCUT2D eigenvalue weighted by Crippen LogP contribution is 2.27. The maximum atomic E-state index is 9.99. The maximum Gasteiger partial charge on any atom is 0.270 e. The number of β-amino-alcohol motifs (C(OH)–C–C–N with tert-alkyl or cyclic N) is 1. The maximum absolute atomic E-state index is 9.99. The van der Waals surface area contributed by atoms with Crippen LogP contribution in [0.25, 0.3) is 0 Å². The third-order valence-electron chi connectivity index (χ3n) is 3.36. The average molecular weight is 346 g/mol. The molecule has 8 nitrogen and oxygen atoms in total. The minimum Gasteiger partial charge on any atom is -0.472 e. The number of anilines is 1. The van der Waals surface area contributed by atoms with Gasteiger partial charge in [0.25, 0.3) is 5.88 Å². The van der Waals surface area contributed by atoms with Gasteiger partial charge in [-0.15, -0.1) is 4.37 Å². The minimum atomic E-state index is -0.626. The van der Waals surface area contributed by atoms with Crippen molar-refractivity contribution in [2.24, 2.45) is 0 Å². The van der Waals surface area contributed by atoms with Crippen LogP contribution in [-0.2, 0) is 4.74 Å². The van der Waals surface area contributed by atoms with Crippen molar-refractivity contribution in [3.05, 3.63) is 0 Å². The summed E-state index contributed by atoms with van der Waals surface area (Å²) in [5.74, 6) is 1.07. The number of aliphatic hydroxyl groups is 2. The van der Waals surface area contributed by atoms with Crippen LogP contribution in [0.5, 0.6) is 5.88 Å². The number of nitrogens with one attached hydrogen (secondary N) is 1. The summed E-state index contributed by atoms with van der Waals surface area (Å²) >= 11 is 1.07. The van der Waals surface area contributed by atoms with Crippen molar-refractivity contribution in [1.29, 1.82) is 0 Å². The second-order valence-corrected chi connectivity index (χ2v) is 7.14. The zero-order chi connectivity index (χ0) is 16.9. The van der Waals surface area contributed by atoms with Gasteiger partial charge in [-0.2, -0.15) is 4.37 Å². The van der Waals surface area contributed by atoms with Crippen molar-refractivity contribution in [2.45, 2.75) is 38.5 Å². The van der Waals surface area contributed by atoms with Gasteiger partial charge in [-0.1, -0.05) is 0 Å². The molecule has 1 aromatic rings. The topological polar surface area (TPSA) is 100.0 Å². The van der Waals surface area contributed by atoms with Gasteiger partial charge < -0.3 is 29.9 Å². The minimum absolute atomic E-state index is 0.0263. The van der Waals surface area contributed by atoms with Crippen molar-refractivity contribution >= 4 is 17.5 Å². The molecule has 0 amide bonds. The zero-order valence-electron chi connectivity index (χ0n) is 13.9. The Morgan fingerprint density at radius 3 is 2.96 bits per heavy atom. The van der Waals surface area contributed by atoms with Gasteiger partial charge >= 0.3 is 0 Å². The molecule has 0 bridgehead atoms. The van der Waals surface area contributed by atoms with Crippen molar-refractivity contribution in [1.82, 2.24) is 14.1 Å². The number of aromatic nitrogens is 2. The molecule has 1 fully saturated rings. The van der Waals surface area contributed by atoms with E-state index in [2.05, 4.69) is 14.1 Å². The number of hydrogen-bond acceptors (Lipinski definition) is 9. The standard InChI is InChI=1S/C14H26N4O4S/c1-14(2,3)15-6-10(20)9-22-13-12(16-23-17-13)18-4-5-21-11(7-18)8-19/h10-11,15,19-20H,4-9H2,1-3H3/t10-,11?/m0/s1. The Morgan fingerprint density at radius 2 is 2.26 bits per heavy atom.